The zero-order valence-electron chi connectivity index (χ0n) is 16.2. The zero-order valence-corrected chi connectivity index (χ0v) is 17.0. The smallest absolute Gasteiger partial charge is 0.244 e. The Morgan fingerprint density at radius 3 is 2.78 bits per heavy atom. The fourth-order valence-electron chi connectivity index (χ4n) is 3.25. The van der Waals surface area contributed by atoms with Crippen molar-refractivity contribution < 1.29 is 9.90 Å². The molecule has 0 radical (unpaired) electrons. The SMILES string of the molecule is CC(C)N(C)Cc1nnnn1CC(=O)N1CCC(C(O)c2cccs2)CC1. The number of amides is 1. The van der Waals surface area contributed by atoms with Crippen LogP contribution in [-0.2, 0) is 17.9 Å². The van der Waals surface area contributed by atoms with Crippen LogP contribution in [0.2, 0.25) is 0 Å². The van der Waals surface area contributed by atoms with Crippen LogP contribution < -0.4 is 0 Å². The van der Waals surface area contributed by atoms with E-state index in [1.54, 1.807) is 16.0 Å². The minimum atomic E-state index is -0.431. The number of tetrazole rings is 1. The molecular formula is C18H28N6O2S. The van der Waals surface area contributed by atoms with Crippen molar-refractivity contribution in [2.75, 3.05) is 20.1 Å². The molecule has 1 aliphatic rings. The number of aliphatic hydroxyl groups excluding tert-OH is 1. The van der Waals surface area contributed by atoms with E-state index in [4.69, 9.17) is 0 Å². The Labute approximate surface area is 163 Å². The molecule has 1 saturated heterocycles. The molecule has 8 nitrogen and oxygen atoms in total. The highest BCUT2D eigenvalue weighted by Crippen LogP contribution is 2.32. The van der Waals surface area contributed by atoms with Gasteiger partial charge < -0.3 is 10.0 Å². The first kappa shape index (κ1) is 19.9. The molecule has 1 aliphatic heterocycles. The lowest BCUT2D eigenvalue weighted by atomic mass is 9.90. The van der Waals surface area contributed by atoms with E-state index < -0.39 is 6.10 Å². The number of rotatable bonds is 7. The first-order valence-corrected chi connectivity index (χ1v) is 10.3. The molecule has 3 rings (SSSR count). The summed E-state index contributed by atoms with van der Waals surface area (Å²) in [4.78, 5) is 17.7. The zero-order chi connectivity index (χ0) is 19.4. The van der Waals surface area contributed by atoms with E-state index in [0.29, 0.717) is 31.5 Å². The van der Waals surface area contributed by atoms with Gasteiger partial charge in [-0.2, -0.15) is 0 Å². The normalized spacial score (nSPS) is 17.0. The Morgan fingerprint density at radius 1 is 1.41 bits per heavy atom. The van der Waals surface area contributed by atoms with E-state index in [-0.39, 0.29) is 18.4 Å². The number of likely N-dealkylation sites (tertiary alicyclic amines) is 1. The molecule has 0 spiro atoms. The third kappa shape index (κ3) is 4.91. The summed E-state index contributed by atoms with van der Waals surface area (Å²) in [7, 11) is 2.01. The molecule has 1 fully saturated rings. The summed E-state index contributed by atoms with van der Waals surface area (Å²) in [6.07, 6.45) is 1.19. The maximum absolute atomic E-state index is 12.7. The summed E-state index contributed by atoms with van der Waals surface area (Å²) in [5, 5.41) is 24.3. The van der Waals surface area contributed by atoms with Gasteiger partial charge in [0, 0.05) is 24.0 Å². The lowest BCUT2D eigenvalue weighted by Crippen LogP contribution is -2.41. The predicted octanol–water partition coefficient (Wildman–Crippen LogP) is 1.55. The number of nitrogens with zero attached hydrogens (tertiary/aromatic N) is 6. The molecule has 1 atom stereocenters. The van der Waals surface area contributed by atoms with Crippen molar-refractivity contribution >= 4 is 17.2 Å². The van der Waals surface area contributed by atoms with E-state index >= 15 is 0 Å². The molecule has 0 aromatic carbocycles. The molecule has 0 aliphatic carbocycles. The second-order valence-electron chi connectivity index (χ2n) is 7.44. The topological polar surface area (TPSA) is 87.4 Å². The summed E-state index contributed by atoms with van der Waals surface area (Å²) in [6, 6.07) is 4.31. The average molecular weight is 393 g/mol. The number of carbonyl (C=O) groups excluding carboxylic acids is 1. The van der Waals surface area contributed by atoms with Gasteiger partial charge in [-0.15, -0.1) is 16.4 Å². The number of carbonyl (C=O) groups is 1. The van der Waals surface area contributed by atoms with Crippen LogP contribution in [0.4, 0.5) is 0 Å². The van der Waals surface area contributed by atoms with Gasteiger partial charge in [-0.25, -0.2) is 4.68 Å². The quantitative estimate of drug-likeness (QED) is 0.769. The second kappa shape index (κ2) is 8.90. The van der Waals surface area contributed by atoms with Gasteiger partial charge in [-0.05, 0) is 61.5 Å². The number of thiophene rings is 1. The van der Waals surface area contributed by atoms with Crippen molar-refractivity contribution in [1.82, 2.24) is 30.0 Å². The molecule has 1 unspecified atom stereocenters. The minimum Gasteiger partial charge on any atom is -0.387 e. The Hall–Kier alpha value is -1.84. The standard InChI is InChI=1S/C18H28N6O2S/c1-13(2)22(3)11-16-19-20-21-24(16)12-17(25)23-8-6-14(7-9-23)18(26)15-5-4-10-27-15/h4-5,10,13-14,18,26H,6-9,11-12H2,1-3H3. The largest absolute Gasteiger partial charge is 0.387 e. The van der Waals surface area contributed by atoms with Crippen molar-refractivity contribution in [3.8, 4) is 0 Å². The first-order chi connectivity index (χ1) is 13.0. The Kier molecular flexibility index (Phi) is 6.56. The monoisotopic (exact) mass is 392 g/mol. The van der Waals surface area contributed by atoms with Crippen LogP contribution in [0, 0.1) is 5.92 Å². The molecule has 148 valence electrons. The van der Waals surface area contributed by atoms with Crippen LogP contribution in [0.1, 0.15) is 43.5 Å². The van der Waals surface area contributed by atoms with E-state index in [0.717, 1.165) is 17.7 Å². The average Bonchev–Trinajstić information content (AvgIpc) is 3.33. The van der Waals surface area contributed by atoms with E-state index in [1.165, 1.54) is 0 Å². The lowest BCUT2D eigenvalue weighted by molar-refractivity contribution is -0.134. The van der Waals surface area contributed by atoms with Crippen molar-refractivity contribution in [2.45, 2.75) is 51.9 Å². The number of piperidine rings is 1. The molecule has 2 aromatic heterocycles. The maximum atomic E-state index is 12.7. The van der Waals surface area contributed by atoms with Crippen molar-refractivity contribution in [2.24, 2.45) is 5.92 Å². The van der Waals surface area contributed by atoms with Gasteiger partial charge in [0.2, 0.25) is 5.91 Å². The van der Waals surface area contributed by atoms with Gasteiger partial charge in [-0.3, -0.25) is 9.69 Å². The van der Waals surface area contributed by atoms with Gasteiger partial charge in [0.05, 0.1) is 12.6 Å². The van der Waals surface area contributed by atoms with Crippen LogP contribution in [0.25, 0.3) is 0 Å². The maximum Gasteiger partial charge on any atom is 0.244 e. The lowest BCUT2D eigenvalue weighted by Gasteiger charge is -2.34. The third-order valence-corrected chi connectivity index (χ3v) is 6.28. The van der Waals surface area contributed by atoms with Gasteiger partial charge in [-0.1, -0.05) is 6.07 Å². The predicted molar refractivity (Wildman–Crippen MR) is 103 cm³/mol. The summed E-state index contributed by atoms with van der Waals surface area (Å²) in [5.41, 5.74) is 0. The molecule has 0 saturated carbocycles. The summed E-state index contributed by atoms with van der Waals surface area (Å²) in [6.45, 7) is 6.30. The Morgan fingerprint density at radius 2 is 2.15 bits per heavy atom. The van der Waals surface area contributed by atoms with Gasteiger partial charge >= 0.3 is 0 Å². The molecule has 9 heteroatoms. The molecular weight excluding hydrogens is 364 g/mol. The fraction of sp³-hybridized carbons (Fsp3) is 0.667. The van der Waals surface area contributed by atoms with Crippen LogP contribution in [0.5, 0.6) is 0 Å². The minimum absolute atomic E-state index is 0.0276. The number of aromatic nitrogens is 4. The molecule has 3 heterocycles. The number of hydrogen-bond acceptors (Lipinski definition) is 7. The molecule has 1 N–H and O–H groups in total. The molecule has 0 bridgehead atoms. The Bertz CT molecular complexity index is 724. The van der Waals surface area contributed by atoms with E-state index in [2.05, 4.69) is 34.3 Å². The van der Waals surface area contributed by atoms with Crippen LogP contribution >= 0.6 is 11.3 Å². The van der Waals surface area contributed by atoms with Gasteiger partial charge in [0.15, 0.2) is 5.82 Å². The molecule has 2 aromatic rings. The number of aliphatic hydroxyl groups is 1. The summed E-state index contributed by atoms with van der Waals surface area (Å²) < 4.78 is 1.59. The van der Waals surface area contributed by atoms with Crippen molar-refractivity contribution in [3.05, 3.63) is 28.2 Å². The van der Waals surface area contributed by atoms with Crippen LogP contribution in [0.3, 0.4) is 0 Å². The summed E-state index contributed by atoms with van der Waals surface area (Å²) in [5.74, 6) is 0.929. The highest BCUT2D eigenvalue weighted by Gasteiger charge is 2.29. The van der Waals surface area contributed by atoms with Crippen LogP contribution in [0.15, 0.2) is 17.5 Å². The highest BCUT2D eigenvalue weighted by atomic mass is 32.1. The van der Waals surface area contributed by atoms with Crippen LogP contribution in [-0.4, -0.2) is 67.2 Å². The van der Waals surface area contributed by atoms with E-state index in [9.17, 15) is 9.90 Å². The molecule has 1 amide bonds. The van der Waals surface area contributed by atoms with Crippen molar-refractivity contribution in [1.29, 1.82) is 0 Å². The summed E-state index contributed by atoms with van der Waals surface area (Å²) >= 11 is 1.58. The second-order valence-corrected chi connectivity index (χ2v) is 8.42. The van der Waals surface area contributed by atoms with E-state index in [1.807, 2.05) is 29.5 Å². The van der Waals surface area contributed by atoms with Gasteiger partial charge in [0.1, 0.15) is 6.54 Å². The third-order valence-electron chi connectivity index (χ3n) is 5.34. The fourth-order valence-corrected chi connectivity index (χ4v) is 4.05. The molecule has 27 heavy (non-hydrogen) atoms. The van der Waals surface area contributed by atoms with Crippen molar-refractivity contribution in [3.63, 3.8) is 0 Å². The van der Waals surface area contributed by atoms with Gasteiger partial charge in [0.25, 0.3) is 0 Å². The highest BCUT2D eigenvalue weighted by molar-refractivity contribution is 7.10. The Balaban J connectivity index is 1.52. The first-order valence-electron chi connectivity index (χ1n) is 9.40. The number of hydrogen-bond donors (Lipinski definition) is 1.